The summed E-state index contributed by atoms with van der Waals surface area (Å²) >= 11 is 5.99. The molecule has 0 amide bonds. The van der Waals surface area contributed by atoms with E-state index in [1.807, 2.05) is 27.0 Å². The van der Waals surface area contributed by atoms with Crippen LogP contribution < -0.4 is 5.32 Å². The molecule has 1 N–H and O–H groups in total. The van der Waals surface area contributed by atoms with E-state index in [4.69, 9.17) is 11.6 Å². The first-order chi connectivity index (χ1) is 8.76. The first-order valence-electron chi connectivity index (χ1n) is 6.89. The minimum atomic E-state index is -0.269. The lowest BCUT2D eigenvalue weighted by Gasteiger charge is -2.24. The summed E-state index contributed by atoms with van der Waals surface area (Å²) in [6, 6.07) is 3.72. The highest BCUT2D eigenvalue weighted by Gasteiger charge is 2.18. The molecule has 0 aliphatic carbocycles. The van der Waals surface area contributed by atoms with Gasteiger partial charge in [-0.2, -0.15) is 0 Å². The van der Waals surface area contributed by atoms with Gasteiger partial charge in [-0.25, -0.2) is 4.39 Å². The molecule has 108 valence electrons. The Bertz CT molecular complexity index is 427. The van der Waals surface area contributed by atoms with E-state index in [0.29, 0.717) is 5.56 Å². The lowest BCUT2D eigenvalue weighted by atomic mass is 9.85. The SMILES string of the molecule is CNCC(C)(C)CCc1cc(Cl)c(F)c(C(C)C)c1. The van der Waals surface area contributed by atoms with Crippen LogP contribution in [0.2, 0.25) is 5.02 Å². The second kappa shape index (κ2) is 6.71. The van der Waals surface area contributed by atoms with Crippen molar-refractivity contribution in [2.75, 3.05) is 13.6 Å². The summed E-state index contributed by atoms with van der Waals surface area (Å²) < 4.78 is 13.9. The Labute approximate surface area is 121 Å². The van der Waals surface area contributed by atoms with E-state index in [2.05, 4.69) is 19.2 Å². The van der Waals surface area contributed by atoms with Crippen molar-refractivity contribution in [3.05, 3.63) is 34.1 Å². The molecule has 3 heteroatoms. The largest absolute Gasteiger partial charge is 0.319 e. The van der Waals surface area contributed by atoms with Gasteiger partial charge in [0.05, 0.1) is 5.02 Å². The molecule has 0 saturated heterocycles. The smallest absolute Gasteiger partial charge is 0.145 e. The van der Waals surface area contributed by atoms with Gasteiger partial charge >= 0.3 is 0 Å². The van der Waals surface area contributed by atoms with Crippen LogP contribution in [0.3, 0.4) is 0 Å². The Hall–Kier alpha value is -0.600. The highest BCUT2D eigenvalue weighted by atomic mass is 35.5. The zero-order valence-corrected chi connectivity index (χ0v) is 13.4. The Morgan fingerprint density at radius 2 is 1.95 bits per heavy atom. The van der Waals surface area contributed by atoms with Crippen LogP contribution in [-0.2, 0) is 6.42 Å². The van der Waals surface area contributed by atoms with Gasteiger partial charge in [-0.3, -0.25) is 0 Å². The number of hydrogen-bond acceptors (Lipinski definition) is 1. The third-order valence-corrected chi connectivity index (χ3v) is 3.76. The van der Waals surface area contributed by atoms with Crippen molar-refractivity contribution in [1.82, 2.24) is 5.32 Å². The normalized spacial score (nSPS) is 12.2. The van der Waals surface area contributed by atoms with Crippen molar-refractivity contribution in [2.24, 2.45) is 5.41 Å². The molecule has 0 aliphatic heterocycles. The number of halogens is 2. The molecule has 0 heterocycles. The maximum absolute atomic E-state index is 13.9. The minimum absolute atomic E-state index is 0.155. The molecule has 0 aromatic heterocycles. The van der Waals surface area contributed by atoms with Crippen LogP contribution in [0.25, 0.3) is 0 Å². The molecule has 1 rings (SSSR count). The van der Waals surface area contributed by atoms with Crippen molar-refractivity contribution < 1.29 is 4.39 Å². The van der Waals surface area contributed by atoms with E-state index < -0.39 is 0 Å². The van der Waals surface area contributed by atoms with Crippen LogP contribution in [0.4, 0.5) is 4.39 Å². The summed E-state index contributed by atoms with van der Waals surface area (Å²) in [5.41, 5.74) is 2.07. The molecule has 1 aromatic carbocycles. The highest BCUT2D eigenvalue weighted by Crippen LogP contribution is 2.29. The molecule has 0 fully saturated rings. The van der Waals surface area contributed by atoms with E-state index in [9.17, 15) is 4.39 Å². The van der Waals surface area contributed by atoms with Gasteiger partial charge in [0.15, 0.2) is 0 Å². The van der Waals surface area contributed by atoms with Gasteiger partial charge in [0.25, 0.3) is 0 Å². The van der Waals surface area contributed by atoms with Crippen LogP contribution in [0.5, 0.6) is 0 Å². The fourth-order valence-electron chi connectivity index (χ4n) is 2.28. The molecule has 0 bridgehead atoms. The van der Waals surface area contributed by atoms with Gasteiger partial charge in [-0.15, -0.1) is 0 Å². The molecule has 0 saturated carbocycles. The first-order valence-corrected chi connectivity index (χ1v) is 7.27. The number of rotatable bonds is 6. The topological polar surface area (TPSA) is 12.0 Å². The monoisotopic (exact) mass is 285 g/mol. The highest BCUT2D eigenvalue weighted by molar-refractivity contribution is 6.30. The van der Waals surface area contributed by atoms with Crippen molar-refractivity contribution in [3.63, 3.8) is 0 Å². The van der Waals surface area contributed by atoms with Gasteiger partial charge in [-0.1, -0.05) is 45.4 Å². The molecule has 0 aliphatic rings. The Morgan fingerprint density at radius 3 is 2.47 bits per heavy atom. The van der Waals surface area contributed by atoms with Crippen LogP contribution in [0, 0.1) is 11.2 Å². The zero-order valence-electron chi connectivity index (χ0n) is 12.6. The van der Waals surface area contributed by atoms with E-state index in [1.165, 1.54) is 0 Å². The maximum Gasteiger partial charge on any atom is 0.145 e. The van der Waals surface area contributed by atoms with Gasteiger partial charge in [-0.05, 0) is 55.0 Å². The molecule has 1 nitrogen and oxygen atoms in total. The van der Waals surface area contributed by atoms with E-state index in [-0.39, 0.29) is 22.2 Å². The predicted molar refractivity (Wildman–Crippen MR) is 81.5 cm³/mol. The summed E-state index contributed by atoms with van der Waals surface area (Å²) in [4.78, 5) is 0. The molecule has 1 aromatic rings. The number of hydrogen-bond donors (Lipinski definition) is 1. The van der Waals surface area contributed by atoms with Crippen molar-refractivity contribution in [1.29, 1.82) is 0 Å². The lowest BCUT2D eigenvalue weighted by molar-refractivity contribution is 0.324. The van der Waals surface area contributed by atoms with E-state index in [0.717, 1.165) is 24.9 Å². The zero-order chi connectivity index (χ0) is 14.6. The second-order valence-corrected chi connectivity index (χ2v) is 6.74. The molecule has 0 spiro atoms. The Morgan fingerprint density at radius 1 is 1.32 bits per heavy atom. The second-order valence-electron chi connectivity index (χ2n) is 6.33. The maximum atomic E-state index is 13.9. The van der Waals surface area contributed by atoms with Crippen molar-refractivity contribution >= 4 is 11.6 Å². The third kappa shape index (κ3) is 4.77. The van der Waals surface area contributed by atoms with Gasteiger partial charge in [0, 0.05) is 0 Å². The van der Waals surface area contributed by atoms with Crippen LogP contribution in [-0.4, -0.2) is 13.6 Å². The summed E-state index contributed by atoms with van der Waals surface area (Å²) in [6.07, 6.45) is 1.97. The average molecular weight is 286 g/mol. The minimum Gasteiger partial charge on any atom is -0.319 e. The molecular formula is C16H25ClFN. The number of aryl methyl sites for hydroxylation is 1. The summed E-state index contributed by atoms with van der Waals surface area (Å²) in [6.45, 7) is 9.42. The van der Waals surface area contributed by atoms with E-state index in [1.54, 1.807) is 6.07 Å². The quantitative estimate of drug-likeness (QED) is 0.793. The molecule has 0 radical (unpaired) electrons. The Kier molecular flexibility index (Phi) is 5.82. The third-order valence-electron chi connectivity index (χ3n) is 3.48. The van der Waals surface area contributed by atoms with Gasteiger partial charge < -0.3 is 5.32 Å². The molecule has 0 unspecified atom stereocenters. The lowest BCUT2D eigenvalue weighted by Crippen LogP contribution is -2.27. The van der Waals surface area contributed by atoms with E-state index >= 15 is 0 Å². The predicted octanol–water partition coefficient (Wildman–Crippen LogP) is 4.78. The molecule has 0 atom stereocenters. The fourth-order valence-corrected chi connectivity index (χ4v) is 2.53. The summed E-state index contributed by atoms with van der Waals surface area (Å²) in [5, 5.41) is 3.45. The van der Waals surface area contributed by atoms with Crippen LogP contribution in [0.1, 0.15) is 51.2 Å². The first kappa shape index (κ1) is 16.5. The Balaban J connectivity index is 2.85. The van der Waals surface area contributed by atoms with Crippen LogP contribution >= 0.6 is 11.6 Å². The molecule has 19 heavy (non-hydrogen) atoms. The van der Waals surface area contributed by atoms with Crippen molar-refractivity contribution in [3.8, 4) is 0 Å². The fraction of sp³-hybridized carbons (Fsp3) is 0.625. The van der Waals surface area contributed by atoms with Gasteiger partial charge in [0.1, 0.15) is 5.82 Å². The summed E-state index contributed by atoms with van der Waals surface area (Å²) in [7, 11) is 1.97. The average Bonchev–Trinajstić information content (AvgIpc) is 2.30. The summed E-state index contributed by atoms with van der Waals surface area (Å²) in [5.74, 6) is -0.113. The van der Waals surface area contributed by atoms with Gasteiger partial charge in [0.2, 0.25) is 0 Å². The molecular weight excluding hydrogens is 261 g/mol. The standard InChI is InChI=1S/C16H25ClFN/c1-11(2)13-8-12(9-14(17)15(13)18)6-7-16(3,4)10-19-5/h8-9,11,19H,6-7,10H2,1-5H3. The van der Waals surface area contributed by atoms with Crippen LogP contribution in [0.15, 0.2) is 12.1 Å². The number of benzene rings is 1. The van der Waals surface area contributed by atoms with Crippen molar-refractivity contribution in [2.45, 2.75) is 46.5 Å². The number of nitrogens with one attached hydrogen (secondary N) is 1.